The van der Waals surface area contributed by atoms with Crippen LogP contribution in [0.2, 0.25) is 0 Å². The molecule has 0 aliphatic carbocycles. The van der Waals surface area contributed by atoms with Crippen molar-refractivity contribution >= 4 is 5.69 Å². The first-order valence-electron chi connectivity index (χ1n) is 4.17. The van der Waals surface area contributed by atoms with Crippen LogP contribution in [0.5, 0.6) is 0 Å². The molecule has 1 aromatic rings. The smallest absolute Gasteiger partial charge is 0.350 e. The Morgan fingerprint density at radius 3 is 2.87 bits per heavy atom. The molecule has 2 rings (SSSR count). The van der Waals surface area contributed by atoms with Crippen molar-refractivity contribution in [3.63, 3.8) is 0 Å². The second kappa shape index (κ2) is 3.31. The molecular formula is C7H7N3O5. The van der Waals surface area contributed by atoms with Crippen LogP contribution in [0.4, 0.5) is 5.69 Å². The van der Waals surface area contributed by atoms with E-state index in [9.17, 15) is 19.7 Å². The fourth-order valence-electron chi connectivity index (χ4n) is 1.16. The molecule has 1 fully saturated rings. The van der Waals surface area contributed by atoms with Crippen molar-refractivity contribution in [1.82, 2.24) is 9.55 Å². The van der Waals surface area contributed by atoms with Crippen LogP contribution in [0, 0.1) is 10.1 Å². The molecule has 1 aromatic heterocycles. The Kier molecular flexibility index (Phi) is 2.12. The molecule has 0 unspecified atom stereocenters. The predicted molar refractivity (Wildman–Crippen MR) is 47.7 cm³/mol. The molecule has 1 aliphatic heterocycles. The molecule has 8 nitrogen and oxygen atoms in total. The number of hydrogen-bond acceptors (Lipinski definition) is 5. The highest BCUT2D eigenvalue weighted by Gasteiger charge is 2.25. The third-order valence-corrected chi connectivity index (χ3v) is 1.99. The lowest BCUT2D eigenvalue weighted by Gasteiger charge is -2.00. The van der Waals surface area contributed by atoms with Crippen LogP contribution in [0.15, 0.2) is 15.8 Å². The van der Waals surface area contributed by atoms with E-state index in [2.05, 4.69) is 0 Å². The van der Waals surface area contributed by atoms with Gasteiger partial charge in [-0.1, -0.05) is 0 Å². The average molecular weight is 213 g/mol. The second-order valence-corrected chi connectivity index (χ2v) is 3.14. The molecule has 0 saturated carbocycles. The van der Waals surface area contributed by atoms with Crippen molar-refractivity contribution in [3.05, 3.63) is 37.1 Å². The fourth-order valence-corrected chi connectivity index (χ4v) is 1.16. The summed E-state index contributed by atoms with van der Waals surface area (Å²) in [6.45, 7) is 0.746. The summed E-state index contributed by atoms with van der Waals surface area (Å²) < 4.78 is 5.94. The Morgan fingerprint density at radius 1 is 1.67 bits per heavy atom. The molecule has 2 heterocycles. The fraction of sp³-hybridized carbons (Fsp3) is 0.429. The molecule has 8 heteroatoms. The molecule has 0 aromatic carbocycles. The lowest BCUT2D eigenvalue weighted by atomic mass is 10.4. The van der Waals surface area contributed by atoms with E-state index in [-0.39, 0.29) is 12.6 Å². The number of rotatable bonds is 3. The number of epoxide rings is 1. The van der Waals surface area contributed by atoms with Gasteiger partial charge in [-0.05, 0) is 0 Å². The van der Waals surface area contributed by atoms with Gasteiger partial charge in [0.05, 0.1) is 30.4 Å². The van der Waals surface area contributed by atoms with Gasteiger partial charge in [-0.25, -0.2) is 4.79 Å². The first-order chi connectivity index (χ1) is 7.08. The predicted octanol–water partition coefficient (Wildman–Crippen LogP) is -1.16. The van der Waals surface area contributed by atoms with Crippen LogP contribution < -0.4 is 11.2 Å². The van der Waals surface area contributed by atoms with Gasteiger partial charge in [0.25, 0.3) is 0 Å². The van der Waals surface area contributed by atoms with Gasteiger partial charge in [-0.3, -0.25) is 24.5 Å². The molecule has 80 valence electrons. The van der Waals surface area contributed by atoms with E-state index < -0.39 is 21.9 Å². The Labute approximate surface area is 82.3 Å². The SMILES string of the molecule is O=c1[nH]c(=O)n(C[C@@H]2CO2)cc1[N+](=O)[O-]. The molecule has 1 atom stereocenters. The molecule has 1 N–H and O–H groups in total. The monoisotopic (exact) mass is 213 g/mol. The number of nitrogens with one attached hydrogen (secondary N) is 1. The van der Waals surface area contributed by atoms with Crippen LogP contribution in [-0.2, 0) is 11.3 Å². The zero-order chi connectivity index (χ0) is 11.0. The third kappa shape index (κ3) is 1.94. The van der Waals surface area contributed by atoms with E-state index in [1.807, 2.05) is 4.98 Å². The number of aromatic amines is 1. The van der Waals surface area contributed by atoms with Gasteiger partial charge in [0.2, 0.25) is 0 Å². The Bertz CT molecular complexity index is 512. The summed E-state index contributed by atoms with van der Waals surface area (Å²) in [4.78, 5) is 33.7. The number of hydrogen-bond donors (Lipinski definition) is 1. The van der Waals surface area contributed by atoms with E-state index in [0.29, 0.717) is 6.61 Å². The molecule has 0 bridgehead atoms. The van der Waals surface area contributed by atoms with Gasteiger partial charge in [0.15, 0.2) is 0 Å². The first-order valence-corrected chi connectivity index (χ1v) is 4.17. The summed E-state index contributed by atoms with van der Waals surface area (Å²) >= 11 is 0. The van der Waals surface area contributed by atoms with Crippen molar-refractivity contribution in [1.29, 1.82) is 0 Å². The van der Waals surface area contributed by atoms with Crippen LogP contribution in [0.25, 0.3) is 0 Å². The summed E-state index contributed by atoms with van der Waals surface area (Å²) in [5, 5.41) is 10.4. The van der Waals surface area contributed by atoms with Crippen LogP contribution in [-0.4, -0.2) is 27.2 Å². The topological polar surface area (TPSA) is 111 Å². The number of nitrogens with zero attached hydrogens (tertiary/aromatic N) is 2. The van der Waals surface area contributed by atoms with Gasteiger partial charge in [0, 0.05) is 0 Å². The lowest BCUT2D eigenvalue weighted by molar-refractivity contribution is -0.386. The summed E-state index contributed by atoms with van der Waals surface area (Å²) in [5.74, 6) is 0. The number of H-pyrrole nitrogens is 1. The zero-order valence-corrected chi connectivity index (χ0v) is 7.50. The summed E-state index contributed by atoms with van der Waals surface area (Å²) in [7, 11) is 0. The number of ether oxygens (including phenoxy) is 1. The van der Waals surface area contributed by atoms with E-state index in [1.165, 1.54) is 0 Å². The van der Waals surface area contributed by atoms with E-state index >= 15 is 0 Å². The van der Waals surface area contributed by atoms with Gasteiger partial charge in [-0.15, -0.1) is 0 Å². The van der Waals surface area contributed by atoms with E-state index in [1.54, 1.807) is 0 Å². The summed E-state index contributed by atoms with van der Waals surface area (Å²) in [6.07, 6.45) is 0.844. The molecular weight excluding hydrogens is 206 g/mol. The molecule has 1 saturated heterocycles. The normalized spacial score (nSPS) is 18.8. The van der Waals surface area contributed by atoms with Crippen LogP contribution in [0.1, 0.15) is 0 Å². The summed E-state index contributed by atoms with van der Waals surface area (Å²) in [5.41, 5.74) is -2.30. The minimum absolute atomic E-state index is 0.0896. The average Bonchev–Trinajstić information content (AvgIpc) is 2.92. The Balaban J connectivity index is 2.45. The maximum atomic E-state index is 11.2. The van der Waals surface area contributed by atoms with Crippen molar-refractivity contribution in [2.24, 2.45) is 0 Å². The van der Waals surface area contributed by atoms with Gasteiger partial charge in [-0.2, -0.15) is 0 Å². The largest absolute Gasteiger partial charge is 0.371 e. The highest BCUT2D eigenvalue weighted by molar-refractivity contribution is 5.20. The van der Waals surface area contributed by atoms with Gasteiger partial charge >= 0.3 is 16.9 Å². The molecule has 1 aliphatic rings. The van der Waals surface area contributed by atoms with Crippen molar-refractivity contribution in [2.75, 3.05) is 6.61 Å². The second-order valence-electron chi connectivity index (χ2n) is 3.14. The molecule has 0 spiro atoms. The van der Waals surface area contributed by atoms with Crippen molar-refractivity contribution < 1.29 is 9.66 Å². The van der Waals surface area contributed by atoms with Crippen LogP contribution >= 0.6 is 0 Å². The zero-order valence-electron chi connectivity index (χ0n) is 7.50. The number of nitro groups is 1. The standard InChI is InChI=1S/C7H7N3O5/c11-6-5(10(13)14)2-9(7(12)8-6)1-4-3-15-4/h2,4H,1,3H2,(H,8,11,12)/t4-/m1/s1. The lowest BCUT2D eigenvalue weighted by Crippen LogP contribution is -2.31. The minimum Gasteiger partial charge on any atom is -0.371 e. The maximum Gasteiger partial charge on any atom is 0.350 e. The van der Waals surface area contributed by atoms with Crippen molar-refractivity contribution in [3.8, 4) is 0 Å². The molecule has 15 heavy (non-hydrogen) atoms. The first kappa shape index (κ1) is 9.59. The van der Waals surface area contributed by atoms with E-state index in [4.69, 9.17) is 4.74 Å². The highest BCUT2D eigenvalue weighted by Crippen LogP contribution is 2.10. The van der Waals surface area contributed by atoms with Crippen molar-refractivity contribution in [2.45, 2.75) is 12.6 Å². The van der Waals surface area contributed by atoms with E-state index in [0.717, 1.165) is 10.8 Å². The Morgan fingerprint density at radius 2 is 2.33 bits per heavy atom. The number of aromatic nitrogens is 2. The highest BCUT2D eigenvalue weighted by atomic mass is 16.6. The minimum atomic E-state index is -0.988. The van der Waals surface area contributed by atoms with Gasteiger partial charge < -0.3 is 4.74 Å². The summed E-state index contributed by atoms with van der Waals surface area (Å²) in [6, 6.07) is 0. The maximum absolute atomic E-state index is 11.2. The third-order valence-electron chi connectivity index (χ3n) is 1.99. The quantitative estimate of drug-likeness (QED) is 0.387. The molecule has 0 radical (unpaired) electrons. The Hall–Kier alpha value is -1.96. The molecule has 0 amide bonds. The van der Waals surface area contributed by atoms with Crippen LogP contribution in [0.3, 0.4) is 0 Å². The van der Waals surface area contributed by atoms with Gasteiger partial charge in [0.1, 0.15) is 0 Å².